The first-order valence-corrected chi connectivity index (χ1v) is 7.05. The van der Waals surface area contributed by atoms with E-state index in [0.29, 0.717) is 23.0 Å². The van der Waals surface area contributed by atoms with Gasteiger partial charge in [-0.2, -0.15) is 13.2 Å². The molecule has 6 heteroatoms. The number of piperazine rings is 1. The lowest BCUT2D eigenvalue weighted by Crippen LogP contribution is -2.44. The second-order valence-corrected chi connectivity index (χ2v) is 5.46. The van der Waals surface area contributed by atoms with Crippen molar-refractivity contribution in [3.63, 3.8) is 0 Å². The number of hydrogen-bond donors (Lipinski definition) is 1. The van der Waals surface area contributed by atoms with Gasteiger partial charge in [-0.15, -0.1) is 0 Å². The summed E-state index contributed by atoms with van der Waals surface area (Å²) in [7, 11) is 0. The van der Waals surface area contributed by atoms with E-state index in [2.05, 4.69) is 26.1 Å². The molecule has 2 nitrogen and oxygen atoms in total. The van der Waals surface area contributed by atoms with Gasteiger partial charge in [0, 0.05) is 37.2 Å². The summed E-state index contributed by atoms with van der Waals surface area (Å²) >= 11 is 3.23. The van der Waals surface area contributed by atoms with E-state index < -0.39 is 11.7 Å². The van der Waals surface area contributed by atoms with E-state index in [1.807, 2.05) is 0 Å². The molecule has 0 atom stereocenters. The summed E-state index contributed by atoms with van der Waals surface area (Å²) in [5.41, 5.74) is -0.175. The largest absolute Gasteiger partial charge is 0.416 e. The van der Waals surface area contributed by atoms with Gasteiger partial charge in [0.2, 0.25) is 0 Å². The first kappa shape index (κ1) is 14.8. The van der Waals surface area contributed by atoms with E-state index in [1.54, 1.807) is 6.07 Å². The number of alkyl halides is 3. The molecule has 0 bridgehead atoms. The molecule has 0 aromatic heterocycles. The van der Waals surface area contributed by atoms with Crippen molar-refractivity contribution in [3.8, 4) is 0 Å². The minimum absolute atomic E-state index is 0.355. The summed E-state index contributed by atoms with van der Waals surface area (Å²) in [6, 6.07) is 4.25. The molecule has 0 radical (unpaired) electrons. The standard InChI is InChI=1S/C13H16BrF3N2/c14-12-3-1-2-11(13(15,16)17)10(12)4-7-19-8-5-18-6-9-19/h1-3,18H,4-9H2. The molecule has 0 saturated carbocycles. The van der Waals surface area contributed by atoms with Crippen LogP contribution in [0.2, 0.25) is 0 Å². The Balaban J connectivity index is 2.10. The highest BCUT2D eigenvalue weighted by molar-refractivity contribution is 9.10. The minimum atomic E-state index is -4.29. The van der Waals surface area contributed by atoms with Crippen LogP contribution in [-0.4, -0.2) is 37.6 Å². The smallest absolute Gasteiger partial charge is 0.314 e. The Morgan fingerprint density at radius 1 is 1.21 bits per heavy atom. The number of hydrogen-bond acceptors (Lipinski definition) is 2. The van der Waals surface area contributed by atoms with E-state index in [9.17, 15) is 13.2 Å². The second-order valence-electron chi connectivity index (χ2n) is 4.61. The lowest BCUT2D eigenvalue weighted by molar-refractivity contribution is -0.138. The Morgan fingerprint density at radius 2 is 1.89 bits per heavy atom. The molecule has 1 aromatic rings. The van der Waals surface area contributed by atoms with Crippen LogP contribution in [-0.2, 0) is 12.6 Å². The van der Waals surface area contributed by atoms with Gasteiger partial charge >= 0.3 is 6.18 Å². The van der Waals surface area contributed by atoms with Crippen LogP contribution < -0.4 is 5.32 Å². The van der Waals surface area contributed by atoms with Gasteiger partial charge in [-0.3, -0.25) is 0 Å². The number of nitrogens with one attached hydrogen (secondary N) is 1. The molecule has 19 heavy (non-hydrogen) atoms. The van der Waals surface area contributed by atoms with Crippen LogP contribution in [0.15, 0.2) is 22.7 Å². The predicted octanol–water partition coefficient (Wildman–Crippen LogP) is 2.92. The maximum Gasteiger partial charge on any atom is 0.416 e. The van der Waals surface area contributed by atoms with E-state index in [4.69, 9.17) is 0 Å². The lowest BCUT2D eigenvalue weighted by atomic mass is 10.0. The number of benzene rings is 1. The Kier molecular flexibility index (Phi) is 4.86. The van der Waals surface area contributed by atoms with Gasteiger partial charge in [0.1, 0.15) is 0 Å². The highest BCUT2D eigenvalue weighted by atomic mass is 79.9. The monoisotopic (exact) mass is 336 g/mol. The molecule has 0 unspecified atom stereocenters. The number of nitrogens with zero attached hydrogens (tertiary/aromatic N) is 1. The first-order valence-electron chi connectivity index (χ1n) is 6.26. The van der Waals surface area contributed by atoms with Crippen LogP contribution in [0.5, 0.6) is 0 Å². The molecule has 1 saturated heterocycles. The van der Waals surface area contributed by atoms with Crippen molar-refractivity contribution in [2.24, 2.45) is 0 Å². The van der Waals surface area contributed by atoms with Gasteiger partial charge in [-0.25, -0.2) is 0 Å². The Bertz CT molecular complexity index is 428. The Morgan fingerprint density at radius 3 is 2.53 bits per heavy atom. The van der Waals surface area contributed by atoms with Gasteiger partial charge in [0.25, 0.3) is 0 Å². The van der Waals surface area contributed by atoms with Crippen molar-refractivity contribution >= 4 is 15.9 Å². The predicted molar refractivity (Wildman–Crippen MR) is 72.2 cm³/mol. The van der Waals surface area contributed by atoms with Crippen LogP contribution in [0.4, 0.5) is 13.2 Å². The van der Waals surface area contributed by atoms with Gasteiger partial charge in [-0.1, -0.05) is 22.0 Å². The third-order valence-corrected chi connectivity index (χ3v) is 4.05. The van der Waals surface area contributed by atoms with Gasteiger partial charge in [0.05, 0.1) is 5.56 Å². The van der Waals surface area contributed by atoms with Crippen LogP contribution >= 0.6 is 15.9 Å². The Hall–Kier alpha value is -0.590. The van der Waals surface area contributed by atoms with Crippen molar-refractivity contribution in [3.05, 3.63) is 33.8 Å². The molecule has 1 aromatic carbocycles. The average Bonchev–Trinajstić information content (AvgIpc) is 2.37. The van der Waals surface area contributed by atoms with Crippen LogP contribution in [0.25, 0.3) is 0 Å². The Labute approximate surface area is 119 Å². The summed E-state index contributed by atoms with van der Waals surface area (Å²) in [5.74, 6) is 0. The summed E-state index contributed by atoms with van der Waals surface area (Å²) in [4.78, 5) is 2.19. The zero-order valence-corrected chi connectivity index (χ0v) is 12.0. The van der Waals surface area contributed by atoms with E-state index in [0.717, 1.165) is 32.2 Å². The number of halogens is 4. The van der Waals surface area contributed by atoms with Crippen LogP contribution in [0.1, 0.15) is 11.1 Å². The van der Waals surface area contributed by atoms with Crippen molar-refractivity contribution in [2.45, 2.75) is 12.6 Å². The van der Waals surface area contributed by atoms with E-state index >= 15 is 0 Å². The van der Waals surface area contributed by atoms with Gasteiger partial charge < -0.3 is 10.2 Å². The molecule has 1 aliphatic heterocycles. The summed E-state index contributed by atoms with van der Waals surface area (Å²) < 4.78 is 39.4. The summed E-state index contributed by atoms with van der Waals surface area (Å²) in [6.45, 7) is 4.26. The zero-order valence-electron chi connectivity index (χ0n) is 10.4. The SMILES string of the molecule is FC(F)(F)c1cccc(Br)c1CCN1CCNCC1. The number of rotatable bonds is 3. The molecule has 1 heterocycles. The second kappa shape index (κ2) is 6.24. The lowest BCUT2D eigenvalue weighted by Gasteiger charge is -2.27. The minimum Gasteiger partial charge on any atom is -0.314 e. The zero-order chi connectivity index (χ0) is 13.9. The molecule has 1 N–H and O–H groups in total. The average molecular weight is 337 g/mol. The topological polar surface area (TPSA) is 15.3 Å². The molecule has 2 rings (SSSR count). The maximum atomic E-state index is 12.9. The van der Waals surface area contributed by atoms with Gasteiger partial charge in [-0.05, 0) is 24.1 Å². The third-order valence-electron chi connectivity index (χ3n) is 3.31. The van der Waals surface area contributed by atoms with Crippen molar-refractivity contribution in [1.82, 2.24) is 10.2 Å². The quantitative estimate of drug-likeness (QED) is 0.912. The van der Waals surface area contributed by atoms with Gasteiger partial charge in [0.15, 0.2) is 0 Å². The molecular weight excluding hydrogens is 321 g/mol. The van der Waals surface area contributed by atoms with Crippen molar-refractivity contribution in [2.75, 3.05) is 32.7 Å². The molecule has 0 aliphatic carbocycles. The van der Waals surface area contributed by atoms with Crippen LogP contribution in [0.3, 0.4) is 0 Å². The summed E-state index contributed by atoms with van der Waals surface area (Å²) in [5, 5.41) is 3.23. The van der Waals surface area contributed by atoms with Crippen molar-refractivity contribution < 1.29 is 13.2 Å². The molecule has 1 aliphatic rings. The first-order chi connectivity index (χ1) is 8.98. The summed E-state index contributed by atoms with van der Waals surface area (Å²) in [6.07, 6.45) is -3.88. The van der Waals surface area contributed by atoms with E-state index in [1.165, 1.54) is 6.07 Å². The molecule has 0 amide bonds. The fraction of sp³-hybridized carbons (Fsp3) is 0.538. The fourth-order valence-corrected chi connectivity index (χ4v) is 2.85. The molecule has 1 fully saturated rings. The third kappa shape index (κ3) is 3.94. The molecule has 0 spiro atoms. The molecule has 106 valence electrons. The van der Waals surface area contributed by atoms with Crippen molar-refractivity contribution in [1.29, 1.82) is 0 Å². The molecular formula is C13H16BrF3N2. The normalized spacial score (nSPS) is 17.7. The van der Waals surface area contributed by atoms with Crippen LogP contribution in [0, 0.1) is 0 Å². The highest BCUT2D eigenvalue weighted by Gasteiger charge is 2.33. The van der Waals surface area contributed by atoms with E-state index in [-0.39, 0.29) is 0 Å². The fourth-order valence-electron chi connectivity index (χ4n) is 2.28. The highest BCUT2D eigenvalue weighted by Crippen LogP contribution is 2.35. The maximum absolute atomic E-state index is 12.9.